The first-order valence-electron chi connectivity index (χ1n) is 21.2. The van der Waals surface area contributed by atoms with Crippen molar-refractivity contribution in [3.63, 3.8) is 0 Å². The summed E-state index contributed by atoms with van der Waals surface area (Å²) in [6, 6.07) is 0. The number of ketones is 1. The van der Waals surface area contributed by atoms with E-state index in [0.29, 0.717) is 6.42 Å². The highest BCUT2D eigenvalue weighted by Gasteiger charge is 2.23. The Bertz CT molecular complexity index is 1180. The predicted octanol–water partition coefficient (Wildman–Crippen LogP) is 12.2. The molecule has 0 aliphatic carbocycles. The molecule has 0 aromatic heterocycles. The van der Waals surface area contributed by atoms with Gasteiger partial charge in [-0.1, -0.05) is 151 Å². The maximum Gasteiger partial charge on any atom is 0.469 e. The number of ether oxygens (including phenoxy) is 2. The van der Waals surface area contributed by atoms with Crippen LogP contribution in [0.4, 0.5) is 0 Å². The summed E-state index contributed by atoms with van der Waals surface area (Å²) in [6.07, 6.45) is 47.6. The van der Waals surface area contributed by atoms with E-state index in [1.54, 1.807) is 6.08 Å². The van der Waals surface area contributed by atoms with Gasteiger partial charge >= 0.3 is 19.8 Å². The van der Waals surface area contributed by atoms with E-state index < -0.39 is 39.1 Å². The molecule has 0 saturated carbocycles. The molecule has 0 aliphatic rings. The fourth-order valence-corrected chi connectivity index (χ4v) is 5.83. The lowest BCUT2D eigenvalue weighted by Gasteiger charge is -2.18. The molecule has 0 rings (SSSR count). The number of allylic oxidation sites excluding steroid dienone is 12. The number of phosphoric acid groups is 1. The molecule has 10 heteroatoms. The average Bonchev–Trinajstić information content (AvgIpc) is 3.15. The van der Waals surface area contributed by atoms with Crippen molar-refractivity contribution >= 4 is 25.5 Å². The van der Waals surface area contributed by atoms with Crippen LogP contribution in [0.25, 0.3) is 0 Å². The molecule has 0 fully saturated rings. The van der Waals surface area contributed by atoms with E-state index in [1.165, 1.54) is 83.1 Å². The van der Waals surface area contributed by atoms with Crippen LogP contribution in [0, 0.1) is 0 Å². The standard InChI is InChI=1S/C45H75O9P/c1-3-5-7-9-11-13-15-17-18-19-20-21-22-24-26-28-30-32-34-38-45(48)54-43(41-53-55(49,50)51)40-52-44(47)39-35-37-42(46)36-33-31-29-27-25-23-16-14-12-10-8-6-4-2/h11-14,17-18,23,25,29,31,33,36,43H,3-10,15-16,19-22,24,26-28,30,32,34-35,37-41H2,1-2H3,(H2,49,50,51)/b13-11-,14-12-,18-17-,25-23-,31-29-,36-33+/t43-/m1/s1. The van der Waals surface area contributed by atoms with Crippen molar-refractivity contribution in [2.75, 3.05) is 13.2 Å². The highest BCUT2D eigenvalue weighted by molar-refractivity contribution is 7.46. The lowest BCUT2D eigenvalue weighted by molar-refractivity contribution is -0.161. The molecule has 0 saturated heterocycles. The zero-order valence-electron chi connectivity index (χ0n) is 34.3. The van der Waals surface area contributed by atoms with Crippen molar-refractivity contribution in [1.82, 2.24) is 0 Å². The smallest absolute Gasteiger partial charge is 0.462 e. The first-order valence-corrected chi connectivity index (χ1v) is 22.7. The molecule has 55 heavy (non-hydrogen) atoms. The first-order chi connectivity index (χ1) is 26.7. The van der Waals surface area contributed by atoms with E-state index >= 15 is 0 Å². The van der Waals surface area contributed by atoms with Crippen LogP contribution in [0.1, 0.15) is 174 Å². The summed E-state index contributed by atoms with van der Waals surface area (Å²) in [5.41, 5.74) is 0. The molecule has 314 valence electrons. The number of phosphoric ester groups is 1. The molecule has 2 N–H and O–H groups in total. The third-order valence-electron chi connectivity index (χ3n) is 8.67. The number of hydrogen-bond acceptors (Lipinski definition) is 7. The van der Waals surface area contributed by atoms with Crippen LogP contribution in [0.15, 0.2) is 72.9 Å². The SMILES string of the molecule is CCCCC/C=C\C/C=C\C/C=C\C=C\C(=O)CCCC(=O)OC[C@H](COP(=O)(O)O)OC(=O)CCCCCCCCCCC/C=C\C/C=C\CCCCC. The van der Waals surface area contributed by atoms with Crippen molar-refractivity contribution in [2.24, 2.45) is 0 Å². The van der Waals surface area contributed by atoms with Gasteiger partial charge in [-0.2, -0.15) is 0 Å². The van der Waals surface area contributed by atoms with Crippen molar-refractivity contribution in [1.29, 1.82) is 0 Å². The van der Waals surface area contributed by atoms with E-state index in [1.807, 2.05) is 12.2 Å². The van der Waals surface area contributed by atoms with E-state index in [4.69, 9.17) is 19.3 Å². The van der Waals surface area contributed by atoms with Gasteiger partial charge in [0.2, 0.25) is 0 Å². The molecular formula is C45H75O9P. The molecule has 0 unspecified atom stereocenters. The molecule has 0 spiro atoms. The molecule has 0 aliphatic heterocycles. The second-order valence-electron chi connectivity index (χ2n) is 14.0. The molecule has 0 heterocycles. The maximum atomic E-state index is 12.4. The average molecular weight is 791 g/mol. The molecule has 0 aromatic rings. The Labute approximate surface area is 334 Å². The summed E-state index contributed by atoms with van der Waals surface area (Å²) in [5, 5.41) is 0. The largest absolute Gasteiger partial charge is 0.469 e. The van der Waals surface area contributed by atoms with Gasteiger partial charge in [0.25, 0.3) is 0 Å². The van der Waals surface area contributed by atoms with Crippen molar-refractivity contribution in [3.05, 3.63) is 72.9 Å². The summed E-state index contributed by atoms with van der Waals surface area (Å²) >= 11 is 0. The Balaban J connectivity index is 4.11. The van der Waals surface area contributed by atoms with Crippen LogP contribution in [0.2, 0.25) is 0 Å². The van der Waals surface area contributed by atoms with Crippen molar-refractivity contribution < 1.29 is 42.7 Å². The van der Waals surface area contributed by atoms with E-state index in [9.17, 15) is 18.9 Å². The van der Waals surface area contributed by atoms with E-state index in [-0.39, 0.29) is 31.5 Å². The van der Waals surface area contributed by atoms with Crippen molar-refractivity contribution in [2.45, 2.75) is 180 Å². The zero-order chi connectivity index (χ0) is 40.5. The monoisotopic (exact) mass is 791 g/mol. The number of carbonyl (C=O) groups excluding carboxylic acids is 3. The number of esters is 2. The van der Waals surface area contributed by atoms with Crippen LogP contribution < -0.4 is 0 Å². The molecular weight excluding hydrogens is 715 g/mol. The Hall–Kier alpha value is -2.84. The summed E-state index contributed by atoms with van der Waals surface area (Å²) in [6.45, 7) is 3.41. The minimum Gasteiger partial charge on any atom is -0.462 e. The maximum absolute atomic E-state index is 12.4. The Morgan fingerprint density at radius 2 is 1.00 bits per heavy atom. The first kappa shape index (κ1) is 52.2. The summed E-state index contributed by atoms with van der Waals surface area (Å²) in [4.78, 5) is 55.0. The number of carbonyl (C=O) groups is 3. The van der Waals surface area contributed by atoms with Gasteiger partial charge in [-0.3, -0.25) is 18.9 Å². The van der Waals surface area contributed by atoms with Gasteiger partial charge in [0.15, 0.2) is 11.9 Å². The van der Waals surface area contributed by atoms with Gasteiger partial charge in [-0.05, 0) is 76.7 Å². The van der Waals surface area contributed by atoms with Gasteiger partial charge in [-0.15, -0.1) is 0 Å². The topological polar surface area (TPSA) is 136 Å². The highest BCUT2D eigenvalue weighted by Crippen LogP contribution is 2.36. The lowest BCUT2D eigenvalue weighted by Crippen LogP contribution is -2.29. The third-order valence-corrected chi connectivity index (χ3v) is 9.16. The lowest BCUT2D eigenvalue weighted by atomic mass is 10.1. The highest BCUT2D eigenvalue weighted by atomic mass is 31.2. The van der Waals surface area contributed by atoms with E-state index in [0.717, 1.165) is 51.4 Å². The molecule has 0 amide bonds. The molecule has 0 bridgehead atoms. The zero-order valence-corrected chi connectivity index (χ0v) is 35.2. The van der Waals surface area contributed by atoms with Crippen molar-refractivity contribution in [3.8, 4) is 0 Å². The fourth-order valence-electron chi connectivity index (χ4n) is 5.47. The number of rotatable bonds is 38. The van der Waals surface area contributed by atoms with Crippen LogP contribution in [0.3, 0.4) is 0 Å². The van der Waals surface area contributed by atoms with Gasteiger partial charge in [0, 0.05) is 19.3 Å². The van der Waals surface area contributed by atoms with Crippen LogP contribution in [-0.2, 0) is 32.9 Å². The summed E-state index contributed by atoms with van der Waals surface area (Å²) < 4.78 is 26.2. The Morgan fingerprint density at radius 1 is 0.527 bits per heavy atom. The van der Waals surface area contributed by atoms with Gasteiger partial charge in [-0.25, -0.2) is 4.57 Å². The van der Waals surface area contributed by atoms with Crippen LogP contribution in [0.5, 0.6) is 0 Å². The second-order valence-corrected chi connectivity index (χ2v) is 15.2. The Morgan fingerprint density at radius 3 is 1.55 bits per heavy atom. The fraction of sp³-hybridized carbons (Fsp3) is 0.667. The molecule has 1 atom stereocenters. The number of unbranched alkanes of at least 4 members (excludes halogenated alkanes) is 15. The van der Waals surface area contributed by atoms with Gasteiger partial charge in [0.1, 0.15) is 6.61 Å². The van der Waals surface area contributed by atoms with Crippen LogP contribution in [-0.4, -0.2) is 46.8 Å². The Kier molecular flexibility index (Phi) is 37.4. The minimum absolute atomic E-state index is 0.0258. The van der Waals surface area contributed by atoms with Gasteiger partial charge < -0.3 is 19.3 Å². The summed E-state index contributed by atoms with van der Waals surface area (Å²) in [7, 11) is -4.81. The molecule has 0 aromatic carbocycles. The quantitative estimate of drug-likeness (QED) is 0.0156. The summed E-state index contributed by atoms with van der Waals surface area (Å²) in [5.74, 6) is -1.26. The van der Waals surface area contributed by atoms with Gasteiger partial charge in [0.05, 0.1) is 6.61 Å². The minimum atomic E-state index is -4.81. The molecule has 0 radical (unpaired) electrons. The molecule has 9 nitrogen and oxygen atoms in total. The normalized spacial score (nSPS) is 13.1. The third kappa shape index (κ3) is 42.1. The predicted molar refractivity (Wildman–Crippen MR) is 225 cm³/mol. The van der Waals surface area contributed by atoms with E-state index in [2.05, 4.69) is 67.0 Å². The number of hydrogen-bond donors (Lipinski definition) is 2. The second kappa shape index (κ2) is 39.4. The van der Waals surface area contributed by atoms with Crippen LogP contribution >= 0.6 is 7.82 Å².